The molecule has 1 saturated heterocycles. The van der Waals surface area contributed by atoms with Crippen LogP contribution >= 0.6 is 23.2 Å². The van der Waals surface area contributed by atoms with Gasteiger partial charge in [0, 0.05) is 12.6 Å². The molecule has 0 aromatic heterocycles. The van der Waals surface area contributed by atoms with Gasteiger partial charge in [0.1, 0.15) is 6.04 Å². The summed E-state index contributed by atoms with van der Waals surface area (Å²) >= 11 is 11.9. The number of carboxylic acid groups (broad SMARTS) is 1. The van der Waals surface area contributed by atoms with E-state index in [1.54, 1.807) is 24.3 Å². The van der Waals surface area contributed by atoms with E-state index >= 15 is 0 Å². The van der Waals surface area contributed by atoms with Gasteiger partial charge in [0.05, 0.1) is 10.0 Å². The topological polar surface area (TPSA) is 57.6 Å². The van der Waals surface area contributed by atoms with Gasteiger partial charge in [-0.1, -0.05) is 35.3 Å². The number of nitrogens with zero attached hydrogens (tertiary/aromatic N) is 1. The van der Waals surface area contributed by atoms with E-state index in [0.29, 0.717) is 35.0 Å². The zero-order chi connectivity index (χ0) is 14.7. The Morgan fingerprint density at radius 2 is 2.10 bits per heavy atom. The first-order valence-electron chi connectivity index (χ1n) is 6.16. The van der Waals surface area contributed by atoms with E-state index in [4.69, 9.17) is 28.3 Å². The molecule has 20 heavy (non-hydrogen) atoms. The van der Waals surface area contributed by atoms with Crippen LogP contribution in [0.5, 0.6) is 0 Å². The van der Waals surface area contributed by atoms with Crippen molar-refractivity contribution in [2.75, 3.05) is 6.54 Å². The summed E-state index contributed by atoms with van der Waals surface area (Å²) in [4.78, 5) is 24.4. The average Bonchev–Trinajstić information content (AvgIpc) is 2.89. The Balaban J connectivity index is 2.13. The van der Waals surface area contributed by atoms with Crippen molar-refractivity contribution in [1.82, 2.24) is 4.90 Å². The minimum atomic E-state index is -0.968. The van der Waals surface area contributed by atoms with Crippen molar-refractivity contribution in [3.05, 3.63) is 39.9 Å². The highest BCUT2D eigenvalue weighted by atomic mass is 35.5. The molecule has 106 valence electrons. The Hall–Kier alpha value is -1.52. The third-order valence-corrected chi connectivity index (χ3v) is 4.04. The number of halogens is 2. The molecule has 6 heteroatoms. The molecule has 0 saturated carbocycles. The van der Waals surface area contributed by atoms with Gasteiger partial charge >= 0.3 is 5.97 Å². The lowest BCUT2D eigenvalue weighted by Crippen LogP contribution is -2.39. The fourth-order valence-corrected chi connectivity index (χ4v) is 2.56. The Kier molecular flexibility index (Phi) is 4.68. The molecule has 1 heterocycles. The lowest BCUT2D eigenvalue weighted by atomic mass is 10.2. The van der Waals surface area contributed by atoms with E-state index in [9.17, 15) is 9.59 Å². The molecule has 0 bridgehead atoms. The molecule has 4 nitrogen and oxygen atoms in total. The molecule has 1 amide bonds. The predicted molar refractivity (Wildman–Crippen MR) is 77.9 cm³/mol. The molecule has 2 rings (SSSR count). The van der Waals surface area contributed by atoms with Crippen LogP contribution in [-0.2, 0) is 9.59 Å². The second-order valence-corrected chi connectivity index (χ2v) is 5.29. The molecule has 1 aromatic rings. The predicted octanol–water partition coefficient (Wildman–Crippen LogP) is 3.08. The van der Waals surface area contributed by atoms with Crippen molar-refractivity contribution in [3.63, 3.8) is 0 Å². The quantitative estimate of drug-likeness (QED) is 0.872. The normalized spacial score (nSPS) is 18.7. The number of carbonyl (C=O) groups excluding carboxylic acids is 1. The van der Waals surface area contributed by atoms with Crippen molar-refractivity contribution in [2.24, 2.45) is 0 Å². The van der Waals surface area contributed by atoms with Crippen LogP contribution in [0.1, 0.15) is 18.4 Å². The van der Waals surface area contributed by atoms with Crippen LogP contribution in [0.4, 0.5) is 0 Å². The Morgan fingerprint density at radius 3 is 2.80 bits per heavy atom. The summed E-state index contributed by atoms with van der Waals surface area (Å²) in [5.41, 5.74) is 0.624. The number of carbonyl (C=O) groups is 2. The second-order valence-electron chi connectivity index (χ2n) is 4.50. The van der Waals surface area contributed by atoms with E-state index in [1.807, 2.05) is 0 Å². The largest absolute Gasteiger partial charge is 0.480 e. The van der Waals surface area contributed by atoms with E-state index in [2.05, 4.69) is 0 Å². The van der Waals surface area contributed by atoms with E-state index in [-0.39, 0.29) is 5.91 Å². The van der Waals surface area contributed by atoms with Crippen LogP contribution in [0.15, 0.2) is 24.3 Å². The van der Waals surface area contributed by atoms with Crippen LogP contribution in [-0.4, -0.2) is 34.5 Å². The van der Waals surface area contributed by atoms with Gasteiger partial charge < -0.3 is 10.0 Å². The maximum atomic E-state index is 12.0. The molecule has 1 atom stereocenters. The van der Waals surface area contributed by atoms with Gasteiger partial charge in [0.25, 0.3) is 0 Å². The van der Waals surface area contributed by atoms with E-state index in [0.717, 1.165) is 0 Å². The molecule has 1 aliphatic heterocycles. The number of benzene rings is 1. The van der Waals surface area contributed by atoms with Gasteiger partial charge in [0.15, 0.2) is 0 Å². The fourth-order valence-electron chi connectivity index (χ4n) is 2.19. The third kappa shape index (κ3) is 3.14. The minimum Gasteiger partial charge on any atom is -0.480 e. The van der Waals surface area contributed by atoms with Crippen molar-refractivity contribution in [3.8, 4) is 0 Å². The Labute approximate surface area is 126 Å². The molecule has 0 unspecified atom stereocenters. The molecule has 1 N–H and O–H groups in total. The summed E-state index contributed by atoms with van der Waals surface area (Å²) < 4.78 is 0. The summed E-state index contributed by atoms with van der Waals surface area (Å²) in [5.74, 6) is -1.30. The van der Waals surface area contributed by atoms with Crippen LogP contribution in [0.25, 0.3) is 6.08 Å². The summed E-state index contributed by atoms with van der Waals surface area (Å²) in [6, 6.07) is 4.39. The first-order chi connectivity index (χ1) is 9.50. The monoisotopic (exact) mass is 313 g/mol. The summed E-state index contributed by atoms with van der Waals surface area (Å²) in [6.45, 7) is 0.462. The van der Waals surface area contributed by atoms with Gasteiger partial charge in [-0.3, -0.25) is 4.79 Å². The second kappa shape index (κ2) is 6.29. The van der Waals surface area contributed by atoms with Crippen molar-refractivity contribution < 1.29 is 14.7 Å². The van der Waals surface area contributed by atoms with Gasteiger partial charge in [-0.05, 0) is 30.5 Å². The van der Waals surface area contributed by atoms with Crippen LogP contribution in [0.2, 0.25) is 10.0 Å². The zero-order valence-electron chi connectivity index (χ0n) is 10.6. The maximum absolute atomic E-state index is 12.0. The molecule has 0 spiro atoms. The highest BCUT2D eigenvalue weighted by Gasteiger charge is 2.32. The van der Waals surface area contributed by atoms with E-state index in [1.165, 1.54) is 11.0 Å². The summed E-state index contributed by atoms with van der Waals surface area (Å²) in [5, 5.41) is 9.82. The number of carboxylic acids is 1. The first-order valence-corrected chi connectivity index (χ1v) is 6.92. The number of rotatable bonds is 3. The third-order valence-electron chi connectivity index (χ3n) is 3.21. The average molecular weight is 314 g/mol. The van der Waals surface area contributed by atoms with Crippen molar-refractivity contribution in [2.45, 2.75) is 18.9 Å². The molecular weight excluding hydrogens is 301 g/mol. The van der Waals surface area contributed by atoms with Crippen LogP contribution in [0, 0.1) is 0 Å². The van der Waals surface area contributed by atoms with Crippen LogP contribution < -0.4 is 0 Å². The number of aliphatic carboxylic acids is 1. The number of amides is 1. The lowest BCUT2D eigenvalue weighted by Gasteiger charge is -2.19. The number of likely N-dealkylation sites (tertiary alicyclic amines) is 1. The highest BCUT2D eigenvalue weighted by Crippen LogP contribution is 2.26. The van der Waals surface area contributed by atoms with Gasteiger partial charge in [-0.25, -0.2) is 4.79 Å². The van der Waals surface area contributed by atoms with Crippen LogP contribution in [0.3, 0.4) is 0 Å². The van der Waals surface area contributed by atoms with Gasteiger partial charge in [-0.2, -0.15) is 0 Å². The zero-order valence-corrected chi connectivity index (χ0v) is 12.1. The SMILES string of the molecule is O=C(O)[C@@H]1CCCN1C(=O)/C=C/c1cccc(Cl)c1Cl. The Morgan fingerprint density at radius 1 is 1.35 bits per heavy atom. The standard InChI is InChI=1S/C14H13Cl2NO3/c15-10-4-1-3-9(13(10)16)6-7-12(18)17-8-2-5-11(17)14(19)20/h1,3-4,6-7,11H,2,5,8H2,(H,19,20)/b7-6+/t11-/m0/s1. The highest BCUT2D eigenvalue weighted by molar-refractivity contribution is 6.42. The van der Waals surface area contributed by atoms with Gasteiger partial charge in [0.2, 0.25) is 5.91 Å². The van der Waals surface area contributed by atoms with Crippen molar-refractivity contribution >= 4 is 41.2 Å². The summed E-state index contributed by atoms with van der Waals surface area (Å²) in [6.07, 6.45) is 4.08. The smallest absolute Gasteiger partial charge is 0.326 e. The minimum absolute atomic E-state index is 0.328. The molecular formula is C14H13Cl2NO3. The molecule has 1 fully saturated rings. The fraction of sp³-hybridized carbons (Fsp3) is 0.286. The maximum Gasteiger partial charge on any atom is 0.326 e. The molecule has 0 aliphatic carbocycles. The van der Waals surface area contributed by atoms with Crippen molar-refractivity contribution in [1.29, 1.82) is 0 Å². The van der Waals surface area contributed by atoms with Gasteiger partial charge in [-0.15, -0.1) is 0 Å². The first kappa shape index (κ1) is 14.9. The molecule has 1 aromatic carbocycles. The summed E-state index contributed by atoms with van der Waals surface area (Å²) in [7, 11) is 0. The number of hydrogen-bond acceptors (Lipinski definition) is 2. The lowest BCUT2D eigenvalue weighted by molar-refractivity contribution is -0.146. The molecule has 1 aliphatic rings. The molecule has 0 radical (unpaired) electrons. The van der Waals surface area contributed by atoms with E-state index < -0.39 is 12.0 Å². The number of hydrogen-bond donors (Lipinski definition) is 1. The Bertz CT molecular complexity index is 572.